The van der Waals surface area contributed by atoms with E-state index in [0.29, 0.717) is 0 Å². The lowest BCUT2D eigenvalue weighted by Gasteiger charge is -2.30. The Morgan fingerprint density at radius 1 is 0.920 bits per heavy atom. The molecule has 0 fully saturated rings. The molecule has 0 aliphatic carbocycles. The van der Waals surface area contributed by atoms with Crippen molar-refractivity contribution < 1.29 is 4.57 Å². The highest BCUT2D eigenvalue weighted by atomic mass is 31.2. The van der Waals surface area contributed by atoms with E-state index in [9.17, 15) is 4.57 Å². The van der Waals surface area contributed by atoms with Gasteiger partial charge in [-0.3, -0.25) is 0 Å². The maximum Gasteiger partial charge on any atom is 0.150 e. The predicted octanol–water partition coefficient (Wildman–Crippen LogP) is 6.31. The first kappa shape index (κ1) is 19.7. The van der Waals surface area contributed by atoms with Crippen LogP contribution < -0.4 is 10.6 Å². The zero-order valence-corrected chi connectivity index (χ0v) is 16.7. The van der Waals surface area contributed by atoms with Gasteiger partial charge in [-0.1, -0.05) is 105 Å². The van der Waals surface area contributed by atoms with Crippen LogP contribution in [-0.2, 0) is 4.57 Å². The Hall–Kier alpha value is -1.59. The van der Waals surface area contributed by atoms with Gasteiger partial charge in [-0.05, 0) is 19.8 Å². The molecule has 0 heterocycles. The van der Waals surface area contributed by atoms with Crippen molar-refractivity contribution in [1.29, 1.82) is 0 Å². The Labute approximate surface area is 153 Å². The summed E-state index contributed by atoms with van der Waals surface area (Å²) in [6.07, 6.45) is 7.73. The van der Waals surface area contributed by atoms with E-state index in [1.807, 2.05) is 60.7 Å². The summed E-state index contributed by atoms with van der Waals surface area (Å²) in [6, 6.07) is 20.2. The van der Waals surface area contributed by atoms with Gasteiger partial charge in [0.15, 0.2) is 0 Å². The van der Waals surface area contributed by atoms with Crippen molar-refractivity contribution >= 4 is 17.8 Å². The van der Waals surface area contributed by atoms with Gasteiger partial charge >= 0.3 is 0 Å². The highest BCUT2D eigenvalue weighted by molar-refractivity contribution is 7.79. The molecule has 2 rings (SSSR count). The molecule has 0 spiro atoms. The maximum absolute atomic E-state index is 14.6. The molecule has 1 atom stereocenters. The van der Waals surface area contributed by atoms with Gasteiger partial charge in [0.25, 0.3) is 0 Å². The van der Waals surface area contributed by atoms with Crippen molar-refractivity contribution in [3.8, 4) is 0 Å². The fraction of sp³-hybridized carbons (Fsp3) is 0.391. The first-order valence-electron chi connectivity index (χ1n) is 9.52. The second-order valence-electron chi connectivity index (χ2n) is 6.70. The standard InChI is InChI=1S/C23H31OP/c1-4-6-9-19-23(20(3)14-5-2)25(24,21-15-10-7-11-16-21)22-17-12-8-13-18-22/h7-8,10-18,23H,4-6,9,19H2,1-3H3/b20-14+. The third-order valence-corrected chi connectivity index (χ3v) is 8.53. The lowest BCUT2D eigenvalue weighted by atomic mass is 10.1. The molecule has 25 heavy (non-hydrogen) atoms. The third-order valence-electron chi connectivity index (χ3n) is 4.85. The molecule has 0 saturated heterocycles. The first-order valence-corrected chi connectivity index (χ1v) is 11.3. The second kappa shape index (κ2) is 9.78. The van der Waals surface area contributed by atoms with Crippen LogP contribution in [0.4, 0.5) is 0 Å². The van der Waals surface area contributed by atoms with Gasteiger partial charge in [0.2, 0.25) is 0 Å². The number of unbranched alkanes of at least 4 members (excludes halogenated alkanes) is 2. The molecule has 0 saturated carbocycles. The topological polar surface area (TPSA) is 17.1 Å². The Bertz CT molecular complexity index is 660. The average molecular weight is 354 g/mol. The number of benzene rings is 2. The molecule has 1 nitrogen and oxygen atoms in total. The molecular formula is C23H31OP. The number of allylic oxidation sites excluding steroid dienone is 2. The van der Waals surface area contributed by atoms with E-state index in [2.05, 4.69) is 26.8 Å². The fourth-order valence-corrected chi connectivity index (χ4v) is 7.02. The molecule has 0 amide bonds. The monoisotopic (exact) mass is 354 g/mol. The number of hydrogen-bond donors (Lipinski definition) is 0. The summed E-state index contributed by atoms with van der Waals surface area (Å²) in [4.78, 5) is 0. The summed E-state index contributed by atoms with van der Waals surface area (Å²) in [7, 11) is -2.73. The molecule has 0 aromatic heterocycles. The number of hydrogen-bond acceptors (Lipinski definition) is 1. The fourth-order valence-electron chi connectivity index (χ4n) is 3.55. The molecule has 1 unspecified atom stereocenters. The van der Waals surface area contributed by atoms with E-state index < -0.39 is 7.14 Å². The van der Waals surface area contributed by atoms with Crippen LogP contribution >= 0.6 is 7.14 Å². The van der Waals surface area contributed by atoms with Crippen LogP contribution in [0.5, 0.6) is 0 Å². The molecule has 0 aliphatic rings. The highest BCUT2D eigenvalue weighted by Gasteiger charge is 2.36. The zero-order valence-electron chi connectivity index (χ0n) is 15.8. The van der Waals surface area contributed by atoms with E-state index >= 15 is 0 Å². The molecule has 2 heteroatoms. The van der Waals surface area contributed by atoms with Crippen molar-refractivity contribution in [1.82, 2.24) is 0 Å². The Morgan fingerprint density at radius 2 is 1.44 bits per heavy atom. The predicted molar refractivity (Wildman–Crippen MR) is 112 cm³/mol. The normalized spacial score (nSPS) is 13.6. The molecule has 134 valence electrons. The van der Waals surface area contributed by atoms with Crippen LogP contribution in [0.2, 0.25) is 0 Å². The smallest absolute Gasteiger partial charge is 0.150 e. The molecule has 2 aromatic carbocycles. The molecular weight excluding hydrogens is 323 g/mol. The van der Waals surface area contributed by atoms with Gasteiger partial charge in [0.05, 0.1) is 0 Å². The summed E-state index contributed by atoms with van der Waals surface area (Å²) in [5.74, 6) is 0. The van der Waals surface area contributed by atoms with Gasteiger partial charge in [0, 0.05) is 16.3 Å². The first-order chi connectivity index (χ1) is 12.1. The van der Waals surface area contributed by atoms with Crippen molar-refractivity contribution in [3.05, 3.63) is 72.3 Å². The van der Waals surface area contributed by atoms with Gasteiger partial charge in [-0.15, -0.1) is 0 Å². The minimum Gasteiger partial charge on any atom is -0.313 e. The molecule has 0 N–H and O–H groups in total. The lowest BCUT2D eigenvalue weighted by molar-refractivity contribution is 0.571. The van der Waals surface area contributed by atoms with Crippen LogP contribution in [0.25, 0.3) is 0 Å². The van der Waals surface area contributed by atoms with Gasteiger partial charge in [0.1, 0.15) is 7.14 Å². The summed E-state index contributed by atoms with van der Waals surface area (Å²) in [5.41, 5.74) is 1.36. The molecule has 0 bridgehead atoms. The van der Waals surface area contributed by atoms with Crippen molar-refractivity contribution in [2.24, 2.45) is 0 Å². The Kier molecular flexibility index (Phi) is 7.72. The van der Waals surface area contributed by atoms with E-state index in [0.717, 1.165) is 29.9 Å². The third kappa shape index (κ3) is 4.73. The summed E-state index contributed by atoms with van der Waals surface area (Å²) in [6.45, 7) is 6.54. The summed E-state index contributed by atoms with van der Waals surface area (Å²) >= 11 is 0. The van der Waals surface area contributed by atoms with Crippen LogP contribution in [0.1, 0.15) is 52.9 Å². The second-order valence-corrected chi connectivity index (χ2v) is 9.67. The van der Waals surface area contributed by atoms with E-state index in [4.69, 9.17) is 0 Å². The van der Waals surface area contributed by atoms with Crippen LogP contribution in [0.15, 0.2) is 72.3 Å². The van der Waals surface area contributed by atoms with Crippen molar-refractivity contribution in [3.63, 3.8) is 0 Å². The maximum atomic E-state index is 14.6. The summed E-state index contributed by atoms with van der Waals surface area (Å²) in [5, 5.41) is 1.96. The minimum atomic E-state index is -2.73. The average Bonchev–Trinajstić information content (AvgIpc) is 2.66. The van der Waals surface area contributed by atoms with E-state index in [-0.39, 0.29) is 5.66 Å². The van der Waals surface area contributed by atoms with Gasteiger partial charge in [-0.2, -0.15) is 0 Å². The van der Waals surface area contributed by atoms with Gasteiger partial charge in [-0.25, -0.2) is 0 Å². The summed E-state index contributed by atoms with van der Waals surface area (Å²) < 4.78 is 14.6. The minimum absolute atomic E-state index is 0.0869. The van der Waals surface area contributed by atoms with Crippen LogP contribution in [0, 0.1) is 0 Å². The Morgan fingerprint density at radius 3 is 1.88 bits per heavy atom. The van der Waals surface area contributed by atoms with Crippen molar-refractivity contribution in [2.75, 3.05) is 0 Å². The Balaban J connectivity index is 2.58. The molecule has 0 aliphatic heterocycles. The SMILES string of the molecule is CC/C=C(\C)C(CCCCC)P(=O)(c1ccccc1)c1ccccc1. The lowest BCUT2D eigenvalue weighted by Crippen LogP contribution is -2.27. The largest absolute Gasteiger partial charge is 0.313 e. The number of rotatable bonds is 9. The van der Waals surface area contributed by atoms with Gasteiger partial charge < -0.3 is 4.57 Å². The van der Waals surface area contributed by atoms with Crippen LogP contribution in [0.3, 0.4) is 0 Å². The van der Waals surface area contributed by atoms with Crippen LogP contribution in [-0.4, -0.2) is 5.66 Å². The zero-order chi connectivity index (χ0) is 18.1. The highest BCUT2D eigenvalue weighted by Crippen LogP contribution is 2.53. The van der Waals surface area contributed by atoms with E-state index in [1.165, 1.54) is 18.4 Å². The quantitative estimate of drug-likeness (QED) is 0.293. The van der Waals surface area contributed by atoms with Crippen molar-refractivity contribution in [2.45, 2.75) is 58.5 Å². The molecule has 0 radical (unpaired) electrons. The van der Waals surface area contributed by atoms with E-state index in [1.54, 1.807) is 0 Å². The molecule has 2 aromatic rings.